The van der Waals surface area contributed by atoms with E-state index in [0.717, 1.165) is 42.5 Å². The van der Waals surface area contributed by atoms with E-state index in [-0.39, 0.29) is 16.8 Å². The molecule has 2 N–H and O–H groups in total. The molecular weight excluding hydrogens is 602 g/mol. The van der Waals surface area contributed by atoms with Gasteiger partial charge in [-0.15, -0.1) is 0 Å². The second-order valence-corrected chi connectivity index (χ2v) is 15.4. The zero-order valence-electron chi connectivity index (χ0n) is 27.6. The van der Waals surface area contributed by atoms with Crippen molar-refractivity contribution in [3.05, 3.63) is 61.4 Å². The van der Waals surface area contributed by atoms with Crippen LogP contribution in [0, 0.1) is 0 Å². The van der Waals surface area contributed by atoms with Gasteiger partial charge in [-0.2, -0.15) is 0 Å². The minimum absolute atomic E-state index is 0.0432. The summed E-state index contributed by atoms with van der Waals surface area (Å²) in [7, 11) is 3.78. The van der Waals surface area contributed by atoms with Crippen molar-refractivity contribution in [2.75, 3.05) is 49.8 Å². The lowest BCUT2D eigenvalue weighted by molar-refractivity contribution is -0.111. The van der Waals surface area contributed by atoms with Gasteiger partial charge in [0.15, 0.2) is 9.84 Å². The van der Waals surface area contributed by atoms with Crippen molar-refractivity contribution in [2.24, 2.45) is 7.05 Å². The highest BCUT2D eigenvalue weighted by Crippen LogP contribution is 2.40. The zero-order valence-corrected chi connectivity index (χ0v) is 28.4. The molecule has 3 heterocycles. The van der Waals surface area contributed by atoms with E-state index in [9.17, 15) is 13.2 Å². The van der Waals surface area contributed by atoms with Crippen LogP contribution in [0.3, 0.4) is 0 Å². The third-order valence-electron chi connectivity index (χ3n) is 8.58. The summed E-state index contributed by atoms with van der Waals surface area (Å²) in [6.45, 7) is 10.4. The summed E-state index contributed by atoms with van der Waals surface area (Å²) in [6.07, 6.45) is 6.72. The minimum Gasteiger partial charge on any atom is -0.494 e. The first-order valence-electron chi connectivity index (χ1n) is 15.2. The number of hydrogen-bond donors (Lipinski definition) is 2. The van der Waals surface area contributed by atoms with Crippen LogP contribution in [0.2, 0.25) is 0 Å². The largest absolute Gasteiger partial charge is 0.494 e. The van der Waals surface area contributed by atoms with Gasteiger partial charge >= 0.3 is 0 Å². The lowest BCUT2D eigenvalue weighted by Crippen LogP contribution is -2.37. The van der Waals surface area contributed by atoms with Crippen LogP contribution in [0.25, 0.3) is 22.2 Å². The van der Waals surface area contributed by atoms with Gasteiger partial charge in [-0.25, -0.2) is 18.4 Å². The summed E-state index contributed by atoms with van der Waals surface area (Å²) in [5.41, 5.74) is 3.73. The highest BCUT2D eigenvalue weighted by atomic mass is 32.2. The molecule has 0 radical (unpaired) electrons. The predicted molar refractivity (Wildman–Crippen MR) is 185 cm³/mol. The van der Waals surface area contributed by atoms with Gasteiger partial charge in [-0.05, 0) is 65.4 Å². The quantitative estimate of drug-likeness (QED) is 0.212. The first-order chi connectivity index (χ1) is 21.7. The van der Waals surface area contributed by atoms with Crippen LogP contribution in [0.4, 0.5) is 23.0 Å². The number of benzene rings is 2. The molecule has 1 aliphatic heterocycles. The first-order valence-corrected chi connectivity index (χ1v) is 16.7. The molecule has 244 valence electrons. The molecule has 2 aromatic carbocycles. The monoisotopic (exact) mass is 645 g/mol. The number of carbonyl (C=O) groups excluding carboxylic acids is 1. The smallest absolute Gasteiger partial charge is 0.247 e. The third-order valence-corrected chi connectivity index (χ3v) is 11.1. The van der Waals surface area contributed by atoms with Crippen LogP contribution in [-0.4, -0.2) is 78.8 Å². The van der Waals surface area contributed by atoms with Gasteiger partial charge in [0.2, 0.25) is 11.9 Å². The molecule has 46 heavy (non-hydrogen) atoms. The van der Waals surface area contributed by atoms with Crippen molar-refractivity contribution >= 4 is 49.7 Å². The highest BCUT2D eigenvalue weighted by molar-refractivity contribution is 7.92. The number of sulfone groups is 1. The van der Waals surface area contributed by atoms with Crippen LogP contribution in [0.5, 0.6) is 5.75 Å². The Morgan fingerprint density at radius 1 is 1.20 bits per heavy atom. The predicted octanol–water partition coefficient (Wildman–Crippen LogP) is 5.61. The van der Waals surface area contributed by atoms with Gasteiger partial charge in [0, 0.05) is 55.4 Å². The number of nitrogens with zero attached hydrogens (tertiary/aromatic N) is 5. The molecule has 12 heteroatoms. The molecule has 1 amide bonds. The number of likely N-dealkylation sites (tertiary alicyclic amines) is 1. The molecule has 0 bridgehead atoms. The number of likely N-dealkylation sites (N-methyl/N-ethyl adjacent to an activating group) is 2. The summed E-state index contributed by atoms with van der Waals surface area (Å²) in [5, 5.41) is 7.03. The second kappa shape index (κ2) is 12.8. The molecule has 1 aliphatic rings. The maximum Gasteiger partial charge on any atom is 0.247 e. The standard InChI is InChI=1S/C34H43N7O4S/c1-9-31(42)36-25-17-26(29(45-8)18-28(25)40(6)20-22-13-12-16-39(22)5)37-33-35-19-30(46(43,44)34(2,3)4)32(38-33)24-21-41(7)27-15-11-10-14-23(24)27/h9-11,14-15,17-19,21-22H,1,12-13,16,20H2,2-8H3,(H,36,42)(H,35,37,38). The molecule has 0 spiro atoms. The number of para-hydroxylation sites is 1. The Labute approximate surface area is 271 Å². The molecule has 4 aromatic rings. The maximum absolute atomic E-state index is 13.8. The number of aryl methyl sites for hydroxylation is 1. The Morgan fingerprint density at radius 3 is 2.59 bits per heavy atom. The fourth-order valence-corrected chi connectivity index (χ4v) is 7.12. The lowest BCUT2D eigenvalue weighted by Gasteiger charge is -2.29. The van der Waals surface area contributed by atoms with Gasteiger partial charge in [0.1, 0.15) is 10.6 Å². The second-order valence-electron chi connectivity index (χ2n) is 12.7. The molecule has 2 aromatic heterocycles. The average Bonchev–Trinajstić information content (AvgIpc) is 3.58. The topological polar surface area (TPSA) is 122 Å². The summed E-state index contributed by atoms with van der Waals surface area (Å²) in [4.78, 5) is 26.3. The molecule has 11 nitrogen and oxygen atoms in total. The number of methoxy groups -OCH3 is 1. The molecule has 0 aliphatic carbocycles. The Balaban J connectivity index is 1.62. The number of ether oxygens (including phenoxy) is 1. The average molecular weight is 646 g/mol. The highest BCUT2D eigenvalue weighted by Gasteiger charge is 2.35. The van der Waals surface area contributed by atoms with Crippen LogP contribution in [-0.2, 0) is 21.7 Å². The van der Waals surface area contributed by atoms with Crippen LogP contribution < -0.4 is 20.3 Å². The SMILES string of the molecule is C=CC(=O)Nc1cc(Nc2ncc(S(=O)(=O)C(C)(C)C)c(-c3cn(C)c4ccccc34)n2)c(OC)cc1N(C)CC1CCCN1C. The van der Waals surface area contributed by atoms with Crippen LogP contribution in [0.15, 0.2) is 66.3 Å². The molecule has 1 unspecified atom stereocenters. The normalized spacial score (nSPS) is 15.6. The number of nitrogens with one attached hydrogen (secondary N) is 2. The zero-order chi connectivity index (χ0) is 33.4. The van der Waals surface area contributed by atoms with Gasteiger partial charge in [-0.1, -0.05) is 24.8 Å². The van der Waals surface area contributed by atoms with E-state index >= 15 is 0 Å². The van der Waals surface area contributed by atoms with Gasteiger partial charge in [0.25, 0.3) is 0 Å². The first kappa shape index (κ1) is 33.0. The molecule has 0 saturated carbocycles. The van der Waals surface area contributed by atoms with Crippen molar-refractivity contribution < 1.29 is 17.9 Å². The minimum atomic E-state index is -3.82. The molecule has 1 atom stereocenters. The van der Waals surface area contributed by atoms with Crippen LogP contribution in [0.1, 0.15) is 33.6 Å². The number of amides is 1. The van der Waals surface area contributed by atoms with E-state index < -0.39 is 14.6 Å². The van der Waals surface area contributed by atoms with Crippen molar-refractivity contribution in [2.45, 2.75) is 49.3 Å². The number of aromatic nitrogens is 3. The third kappa shape index (κ3) is 6.32. The maximum atomic E-state index is 13.8. The molecule has 5 rings (SSSR count). The summed E-state index contributed by atoms with van der Waals surface area (Å²) in [5.74, 6) is 0.318. The summed E-state index contributed by atoms with van der Waals surface area (Å²) >= 11 is 0. The fourth-order valence-electron chi connectivity index (χ4n) is 5.86. The molecule has 1 saturated heterocycles. The summed E-state index contributed by atoms with van der Waals surface area (Å²) in [6, 6.07) is 11.8. The van der Waals surface area contributed by atoms with E-state index in [4.69, 9.17) is 9.72 Å². The van der Waals surface area contributed by atoms with Gasteiger partial charge < -0.3 is 29.7 Å². The number of carbonyl (C=O) groups is 1. The number of fused-ring (bicyclic) bond motifs is 1. The van der Waals surface area contributed by atoms with Crippen molar-refractivity contribution in [3.8, 4) is 17.0 Å². The number of rotatable bonds is 10. The lowest BCUT2D eigenvalue weighted by atomic mass is 10.1. The number of hydrogen-bond acceptors (Lipinski definition) is 9. The van der Waals surface area contributed by atoms with Gasteiger partial charge in [-0.3, -0.25) is 4.79 Å². The van der Waals surface area contributed by atoms with Crippen molar-refractivity contribution in [3.63, 3.8) is 0 Å². The van der Waals surface area contributed by atoms with E-state index in [2.05, 4.69) is 39.0 Å². The Kier molecular flexibility index (Phi) is 9.14. The van der Waals surface area contributed by atoms with Crippen LogP contribution >= 0.6 is 0 Å². The van der Waals surface area contributed by atoms with E-state index in [1.807, 2.05) is 55.2 Å². The van der Waals surface area contributed by atoms with Crippen molar-refractivity contribution in [1.29, 1.82) is 0 Å². The Hall–Kier alpha value is -4.42. The van der Waals surface area contributed by atoms with Crippen molar-refractivity contribution in [1.82, 2.24) is 19.4 Å². The number of anilines is 4. The Bertz CT molecular complexity index is 1900. The van der Waals surface area contributed by atoms with E-state index in [0.29, 0.717) is 34.4 Å². The van der Waals surface area contributed by atoms with E-state index in [1.54, 1.807) is 33.9 Å². The molecular formula is C34H43N7O4S. The summed E-state index contributed by atoms with van der Waals surface area (Å²) < 4.78 is 34.3. The van der Waals surface area contributed by atoms with Gasteiger partial charge in [0.05, 0.1) is 40.8 Å². The Morgan fingerprint density at radius 2 is 1.93 bits per heavy atom. The molecule has 1 fully saturated rings. The fraction of sp³-hybridized carbons (Fsp3) is 0.382. The van der Waals surface area contributed by atoms with E-state index in [1.165, 1.54) is 12.3 Å².